The largest absolute Gasteiger partial charge is 0.268 e. The molecular weight excluding hydrogens is 269 g/mol. The summed E-state index contributed by atoms with van der Waals surface area (Å²) in [5.41, 5.74) is 0.661. The number of hydrogen-bond donors (Lipinski definition) is 0. The van der Waals surface area contributed by atoms with Crippen LogP contribution in [0.4, 0.5) is 10.1 Å². The van der Waals surface area contributed by atoms with E-state index in [0.29, 0.717) is 11.1 Å². The van der Waals surface area contributed by atoms with Crippen LogP contribution in [0.1, 0.15) is 20.7 Å². The van der Waals surface area contributed by atoms with Crippen LogP contribution in [0.2, 0.25) is 5.02 Å². The first-order valence-electron chi connectivity index (χ1n) is 5.52. The SMILES string of the molecule is O=C1c2ccccc2C(=O)N1c1cc(F)ccc1Cl. The van der Waals surface area contributed by atoms with Gasteiger partial charge in [-0.3, -0.25) is 9.59 Å². The van der Waals surface area contributed by atoms with Crippen molar-refractivity contribution in [3.8, 4) is 0 Å². The first-order chi connectivity index (χ1) is 9.09. The number of nitrogens with zero attached hydrogens (tertiary/aromatic N) is 1. The van der Waals surface area contributed by atoms with Gasteiger partial charge in [-0.2, -0.15) is 0 Å². The van der Waals surface area contributed by atoms with Gasteiger partial charge in [0, 0.05) is 0 Å². The number of carbonyl (C=O) groups excluding carboxylic acids is 2. The van der Waals surface area contributed by atoms with Crippen molar-refractivity contribution >= 4 is 29.1 Å². The Hall–Kier alpha value is -2.20. The van der Waals surface area contributed by atoms with Gasteiger partial charge in [0.05, 0.1) is 21.8 Å². The topological polar surface area (TPSA) is 37.4 Å². The van der Waals surface area contributed by atoms with Crippen LogP contribution in [-0.2, 0) is 0 Å². The van der Waals surface area contributed by atoms with Crippen molar-refractivity contribution in [1.29, 1.82) is 0 Å². The highest BCUT2D eigenvalue weighted by atomic mass is 35.5. The molecule has 94 valence electrons. The number of anilines is 1. The summed E-state index contributed by atoms with van der Waals surface area (Å²) in [5, 5.41) is 0.149. The quantitative estimate of drug-likeness (QED) is 0.749. The molecule has 1 aliphatic heterocycles. The van der Waals surface area contributed by atoms with Crippen LogP contribution < -0.4 is 4.90 Å². The number of hydrogen-bond acceptors (Lipinski definition) is 2. The van der Waals surface area contributed by atoms with Crippen LogP contribution in [0.15, 0.2) is 42.5 Å². The van der Waals surface area contributed by atoms with Crippen molar-refractivity contribution in [1.82, 2.24) is 0 Å². The molecule has 0 aromatic heterocycles. The molecular formula is C14H7ClFNO2. The summed E-state index contributed by atoms with van der Waals surface area (Å²) in [6.07, 6.45) is 0. The molecule has 0 atom stereocenters. The lowest BCUT2D eigenvalue weighted by atomic mass is 10.1. The summed E-state index contributed by atoms with van der Waals surface area (Å²) in [7, 11) is 0. The van der Waals surface area contributed by atoms with Gasteiger partial charge in [-0.15, -0.1) is 0 Å². The van der Waals surface area contributed by atoms with Gasteiger partial charge in [-0.25, -0.2) is 9.29 Å². The molecule has 0 bridgehead atoms. The first kappa shape index (κ1) is 11.9. The Kier molecular flexibility index (Phi) is 2.61. The third kappa shape index (κ3) is 1.72. The fourth-order valence-electron chi connectivity index (χ4n) is 2.07. The number of carbonyl (C=O) groups is 2. The van der Waals surface area contributed by atoms with Crippen LogP contribution in [0, 0.1) is 5.82 Å². The Morgan fingerprint density at radius 3 is 2.11 bits per heavy atom. The summed E-state index contributed by atoms with van der Waals surface area (Å²) < 4.78 is 13.3. The highest BCUT2D eigenvalue weighted by Crippen LogP contribution is 2.33. The predicted octanol–water partition coefficient (Wildman–Crippen LogP) is 3.28. The van der Waals surface area contributed by atoms with E-state index in [4.69, 9.17) is 11.6 Å². The Balaban J connectivity index is 2.17. The van der Waals surface area contributed by atoms with Gasteiger partial charge < -0.3 is 0 Å². The third-order valence-electron chi connectivity index (χ3n) is 2.94. The van der Waals surface area contributed by atoms with Gasteiger partial charge in [-0.1, -0.05) is 23.7 Å². The molecule has 0 spiro atoms. The zero-order chi connectivity index (χ0) is 13.6. The minimum Gasteiger partial charge on any atom is -0.268 e. The van der Waals surface area contributed by atoms with Gasteiger partial charge in [-0.05, 0) is 30.3 Å². The Morgan fingerprint density at radius 1 is 0.947 bits per heavy atom. The summed E-state index contributed by atoms with van der Waals surface area (Å²) in [6.45, 7) is 0. The van der Waals surface area contributed by atoms with Crippen LogP contribution in [0.3, 0.4) is 0 Å². The molecule has 1 heterocycles. The highest BCUT2D eigenvalue weighted by molar-refractivity contribution is 6.39. The molecule has 0 radical (unpaired) electrons. The van der Waals surface area contributed by atoms with E-state index in [9.17, 15) is 14.0 Å². The molecule has 0 N–H and O–H groups in total. The van der Waals surface area contributed by atoms with Crippen LogP contribution in [-0.4, -0.2) is 11.8 Å². The summed E-state index contributed by atoms with van der Waals surface area (Å²) in [4.78, 5) is 25.3. The zero-order valence-electron chi connectivity index (χ0n) is 9.56. The highest BCUT2D eigenvalue weighted by Gasteiger charge is 2.37. The average Bonchev–Trinajstić information content (AvgIpc) is 2.66. The molecule has 2 aromatic carbocycles. The van der Waals surface area contributed by atoms with E-state index in [0.717, 1.165) is 11.0 Å². The van der Waals surface area contributed by atoms with Crippen LogP contribution in [0.25, 0.3) is 0 Å². The maximum Gasteiger partial charge on any atom is 0.266 e. The standard InChI is InChI=1S/C14H7ClFNO2/c15-11-6-5-8(16)7-12(11)17-13(18)9-3-1-2-4-10(9)14(17)19/h1-7H. The smallest absolute Gasteiger partial charge is 0.266 e. The summed E-state index contributed by atoms with van der Waals surface area (Å²) in [6, 6.07) is 10.0. The number of amides is 2. The number of halogens is 2. The van der Waals surface area contributed by atoms with E-state index in [1.54, 1.807) is 24.3 Å². The molecule has 2 aromatic rings. The van der Waals surface area contributed by atoms with Crippen LogP contribution in [0.5, 0.6) is 0 Å². The average molecular weight is 276 g/mol. The lowest BCUT2D eigenvalue weighted by molar-refractivity contribution is 0.0926. The fraction of sp³-hybridized carbons (Fsp3) is 0. The number of rotatable bonds is 1. The lowest BCUT2D eigenvalue weighted by Crippen LogP contribution is -2.29. The second-order valence-corrected chi connectivity index (χ2v) is 4.49. The minimum atomic E-state index is -0.559. The zero-order valence-corrected chi connectivity index (χ0v) is 10.3. The van der Waals surface area contributed by atoms with Crippen molar-refractivity contribution in [2.24, 2.45) is 0 Å². The molecule has 19 heavy (non-hydrogen) atoms. The van der Waals surface area contributed by atoms with Gasteiger partial charge in [0.15, 0.2) is 0 Å². The predicted molar refractivity (Wildman–Crippen MR) is 69.0 cm³/mol. The number of fused-ring (bicyclic) bond motifs is 1. The number of benzene rings is 2. The Labute approximate surface area is 113 Å². The van der Waals surface area contributed by atoms with Gasteiger partial charge in [0.25, 0.3) is 11.8 Å². The second kappa shape index (κ2) is 4.17. The Bertz CT molecular complexity index is 679. The van der Waals surface area contributed by atoms with Gasteiger partial charge in [0.1, 0.15) is 5.82 Å². The molecule has 2 amide bonds. The molecule has 5 heteroatoms. The fourth-order valence-corrected chi connectivity index (χ4v) is 2.27. The van der Waals surface area contributed by atoms with E-state index in [1.165, 1.54) is 12.1 Å². The van der Waals surface area contributed by atoms with Crippen molar-refractivity contribution in [2.75, 3.05) is 4.90 Å². The van der Waals surface area contributed by atoms with Crippen molar-refractivity contribution in [3.63, 3.8) is 0 Å². The van der Waals surface area contributed by atoms with Crippen molar-refractivity contribution in [2.45, 2.75) is 0 Å². The van der Waals surface area contributed by atoms with E-state index >= 15 is 0 Å². The molecule has 0 fully saturated rings. The van der Waals surface area contributed by atoms with Crippen molar-refractivity contribution in [3.05, 3.63) is 64.4 Å². The third-order valence-corrected chi connectivity index (χ3v) is 3.26. The molecule has 0 saturated carbocycles. The summed E-state index contributed by atoms with van der Waals surface area (Å²) in [5.74, 6) is -1.54. The van der Waals surface area contributed by atoms with Gasteiger partial charge >= 0.3 is 0 Å². The van der Waals surface area contributed by atoms with Crippen molar-refractivity contribution < 1.29 is 14.0 Å². The maximum absolute atomic E-state index is 13.3. The molecule has 3 rings (SSSR count). The summed E-state index contributed by atoms with van der Waals surface area (Å²) >= 11 is 5.94. The lowest BCUT2D eigenvalue weighted by Gasteiger charge is -2.15. The van der Waals surface area contributed by atoms with E-state index in [2.05, 4.69) is 0 Å². The number of imide groups is 1. The van der Waals surface area contributed by atoms with Gasteiger partial charge in [0.2, 0.25) is 0 Å². The van der Waals surface area contributed by atoms with E-state index in [1.807, 2.05) is 0 Å². The normalized spacial score (nSPS) is 13.9. The molecule has 1 aliphatic rings. The van der Waals surface area contributed by atoms with Crippen LogP contribution >= 0.6 is 11.6 Å². The molecule has 0 unspecified atom stereocenters. The molecule has 3 nitrogen and oxygen atoms in total. The minimum absolute atomic E-state index is 0.0628. The molecule has 0 aliphatic carbocycles. The second-order valence-electron chi connectivity index (χ2n) is 4.09. The maximum atomic E-state index is 13.3. The molecule has 0 saturated heterocycles. The monoisotopic (exact) mass is 275 g/mol. The van der Waals surface area contributed by atoms with E-state index < -0.39 is 17.6 Å². The first-order valence-corrected chi connectivity index (χ1v) is 5.90. The Morgan fingerprint density at radius 2 is 1.53 bits per heavy atom. The van der Waals surface area contributed by atoms with E-state index in [-0.39, 0.29) is 10.7 Å².